The fraction of sp³-hybridized carbons (Fsp3) is 0.593. The minimum absolute atomic E-state index is 0.828. The fourth-order valence-corrected chi connectivity index (χ4v) is 3.60. The molecule has 0 saturated carbocycles. The van der Waals surface area contributed by atoms with Crippen LogP contribution in [-0.4, -0.2) is 11.6 Å². The minimum atomic E-state index is 0.828. The maximum atomic E-state index is 5.83. The van der Waals surface area contributed by atoms with E-state index in [0.717, 1.165) is 31.6 Å². The third kappa shape index (κ3) is 10.5. The molecule has 2 rings (SSSR count). The number of rotatable bonds is 16. The van der Waals surface area contributed by atoms with Crippen molar-refractivity contribution in [3.63, 3.8) is 0 Å². The van der Waals surface area contributed by atoms with Gasteiger partial charge in [-0.2, -0.15) is 0 Å². The van der Waals surface area contributed by atoms with Crippen molar-refractivity contribution in [3.8, 4) is 5.75 Å². The van der Waals surface area contributed by atoms with Crippen LogP contribution in [0.25, 0.3) is 0 Å². The summed E-state index contributed by atoms with van der Waals surface area (Å²) in [4.78, 5) is 4.68. The largest absolute Gasteiger partial charge is 0.494 e. The molecule has 0 bridgehead atoms. The Morgan fingerprint density at radius 1 is 0.621 bits per heavy atom. The van der Waals surface area contributed by atoms with Crippen molar-refractivity contribution < 1.29 is 4.74 Å². The Morgan fingerprint density at radius 3 is 1.97 bits per heavy atom. The molecular formula is C27H41NO. The van der Waals surface area contributed by atoms with Gasteiger partial charge in [-0.1, -0.05) is 83.4 Å². The van der Waals surface area contributed by atoms with Crippen molar-refractivity contribution in [2.24, 2.45) is 0 Å². The number of nitrogens with zero attached hydrogens (tertiary/aromatic N) is 1. The minimum Gasteiger partial charge on any atom is -0.494 e. The molecule has 2 nitrogen and oxygen atoms in total. The third-order valence-electron chi connectivity index (χ3n) is 5.56. The second-order valence-corrected chi connectivity index (χ2v) is 8.23. The average Bonchev–Trinajstić information content (AvgIpc) is 2.76. The molecule has 0 unspecified atom stereocenters. The van der Waals surface area contributed by atoms with Gasteiger partial charge in [0.2, 0.25) is 0 Å². The van der Waals surface area contributed by atoms with Gasteiger partial charge in [0.1, 0.15) is 5.75 Å². The molecular weight excluding hydrogens is 354 g/mol. The summed E-state index contributed by atoms with van der Waals surface area (Å²) in [6.07, 6.45) is 18.4. The van der Waals surface area contributed by atoms with Crippen molar-refractivity contribution in [1.29, 1.82) is 0 Å². The van der Waals surface area contributed by atoms with E-state index in [1.807, 2.05) is 0 Å². The van der Waals surface area contributed by atoms with Gasteiger partial charge in [0.15, 0.2) is 0 Å². The first kappa shape index (κ1) is 23.4. The summed E-state index contributed by atoms with van der Waals surface area (Å²) in [6, 6.07) is 13.1. The van der Waals surface area contributed by atoms with Gasteiger partial charge in [-0.05, 0) is 61.4 Å². The van der Waals surface area contributed by atoms with Crippen molar-refractivity contribution in [3.05, 3.63) is 59.4 Å². The Labute approximate surface area is 179 Å². The second kappa shape index (κ2) is 15.1. The number of aromatic nitrogens is 1. The molecule has 29 heavy (non-hydrogen) atoms. The van der Waals surface area contributed by atoms with Crippen LogP contribution in [0.5, 0.6) is 5.75 Å². The van der Waals surface area contributed by atoms with Gasteiger partial charge < -0.3 is 4.74 Å². The zero-order valence-corrected chi connectivity index (χ0v) is 18.8. The zero-order valence-electron chi connectivity index (χ0n) is 18.8. The highest BCUT2D eigenvalue weighted by Crippen LogP contribution is 2.15. The third-order valence-corrected chi connectivity index (χ3v) is 5.56. The molecule has 0 atom stereocenters. The predicted molar refractivity (Wildman–Crippen MR) is 125 cm³/mol. The Hall–Kier alpha value is -1.83. The maximum absolute atomic E-state index is 5.83. The average molecular weight is 396 g/mol. The van der Waals surface area contributed by atoms with Crippen molar-refractivity contribution in [1.82, 2.24) is 4.98 Å². The van der Waals surface area contributed by atoms with Gasteiger partial charge in [0.05, 0.1) is 6.61 Å². The summed E-state index contributed by atoms with van der Waals surface area (Å²) in [7, 11) is 0. The molecule has 0 fully saturated rings. The van der Waals surface area contributed by atoms with E-state index in [1.165, 1.54) is 81.0 Å². The van der Waals surface area contributed by atoms with Crippen LogP contribution in [0.4, 0.5) is 0 Å². The molecule has 0 N–H and O–H groups in total. The van der Waals surface area contributed by atoms with E-state index >= 15 is 0 Å². The SMILES string of the molecule is CCCCCCCCc1ccc(CCc2ccc(OCCCCCC)cc2)nc1. The highest BCUT2D eigenvalue weighted by molar-refractivity contribution is 5.28. The number of unbranched alkanes of at least 4 members (excludes halogenated alkanes) is 8. The lowest BCUT2D eigenvalue weighted by molar-refractivity contribution is 0.305. The smallest absolute Gasteiger partial charge is 0.119 e. The molecule has 0 saturated heterocycles. The number of ether oxygens (including phenoxy) is 1. The molecule has 2 heteroatoms. The lowest BCUT2D eigenvalue weighted by Crippen LogP contribution is -1.98. The molecule has 0 spiro atoms. The van der Waals surface area contributed by atoms with E-state index in [4.69, 9.17) is 4.74 Å². The molecule has 0 aliphatic rings. The Balaban J connectivity index is 1.63. The van der Waals surface area contributed by atoms with Crippen LogP contribution in [0.2, 0.25) is 0 Å². The summed E-state index contributed by atoms with van der Waals surface area (Å²) in [5, 5.41) is 0. The van der Waals surface area contributed by atoms with Crippen LogP contribution in [0, 0.1) is 0 Å². The summed E-state index contributed by atoms with van der Waals surface area (Å²) >= 11 is 0. The number of benzene rings is 1. The van der Waals surface area contributed by atoms with Gasteiger partial charge in [0, 0.05) is 11.9 Å². The zero-order chi connectivity index (χ0) is 20.6. The van der Waals surface area contributed by atoms with E-state index in [2.05, 4.69) is 61.4 Å². The summed E-state index contributed by atoms with van der Waals surface area (Å²) in [5.74, 6) is 0.988. The lowest BCUT2D eigenvalue weighted by Gasteiger charge is -2.07. The second-order valence-electron chi connectivity index (χ2n) is 8.23. The molecule has 2 aromatic rings. The summed E-state index contributed by atoms with van der Waals surface area (Å²) < 4.78 is 5.83. The Morgan fingerprint density at radius 2 is 1.28 bits per heavy atom. The van der Waals surface area contributed by atoms with Crippen molar-refractivity contribution in [2.75, 3.05) is 6.61 Å². The van der Waals surface area contributed by atoms with Gasteiger partial charge >= 0.3 is 0 Å². The van der Waals surface area contributed by atoms with E-state index in [1.54, 1.807) is 0 Å². The van der Waals surface area contributed by atoms with Gasteiger partial charge in [-0.25, -0.2) is 0 Å². The van der Waals surface area contributed by atoms with Crippen LogP contribution < -0.4 is 4.74 Å². The Kier molecular flexibility index (Phi) is 12.2. The first-order valence-electron chi connectivity index (χ1n) is 12.0. The van der Waals surface area contributed by atoms with Crippen LogP contribution in [0.1, 0.15) is 94.9 Å². The van der Waals surface area contributed by atoms with Crippen LogP contribution in [0.3, 0.4) is 0 Å². The quantitative estimate of drug-likeness (QED) is 0.271. The fourth-order valence-electron chi connectivity index (χ4n) is 3.60. The standard InChI is InChI=1S/C27H41NO/c1-3-5-7-9-10-11-13-25-15-19-26(28-23-25)18-14-24-16-20-27(21-17-24)29-22-12-8-6-4-2/h15-17,19-21,23H,3-14,18,22H2,1-2H3. The Bertz CT molecular complexity index is 633. The molecule has 0 aliphatic carbocycles. The summed E-state index contributed by atoms with van der Waals surface area (Å²) in [5.41, 5.74) is 3.92. The highest BCUT2D eigenvalue weighted by Gasteiger charge is 2.01. The molecule has 1 aromatic carbocycles. The topological polar surface area (TPSA) is 22.1 Å². The van der Waals surface area contributed by atoms with E-state index in [9.17, 15) is 0 Å². The van der Waals surface area contributed by atoms with Gasteiger partial charge in [0.25, 0.3) is 0 Å². The lowest BCUT2D eigenvalue weighted by atomic mass is 10.0. The summed E-state index contributed by atoms with van der Waals surface area (Å²) in [6.45, 7) is 5.33. The molecule has 1 heterocycles. The van der Waals surface area contributed by atoms with Gasteiger partial charge in [-0.3, -0.25) is 4.98 Å². The first-order chi connectivity index (χ1) is 14.3. The van der Waals surface area contributed by atoms with Crippen molar-refractivity contribution in [2.45, 2.75) is 97.3 Å². The number of pyridine rings is 1. The van der Waals surface area contributed by atoms with E-state index < -0.39 is 0 Å². The highest BCUT2D eigenvalue weighted by atomic mass is 16.5. The number of aryl methyl sites for hydroxylation is 3. The van der Waals surface area contributed by atoms with Crippen LogP contribution >= 0.6 is 0 Å². The maximum Gasteiger partial charge on any atom is 0.119 e. The van der Waals surface area contributed by atoms with Crippen molar-refractivity contribution >= 4 is 0 Å². The molecule has 0 aliphatic heterocycles. The first-order valence-corrected chi connectivity index (χ1v) is 12.0. The van der Waals surface area contributed by atoms with Crippen LogP contribution in [0.15, 0.2) is 42.6 Å². The molecule has 1 aromatic heterocycles. The van der Waals surface area contributed by atoms with E-state index in [-0.39, 0.29) is 0 Å². The predicted octanol–water partition coefficient (Wildman–Crippen LogP) is 7.73. The normalized spacial score (nSPS) is 11.0. The number of hydrogen-bond donors (Lipinski definition) is 0. The molecule has 0 amide bonds. The van der Waals surface area contributed by atoms with Gasteiger partial charge in [-0.15, -0.1) is 0 Å². The van der Waals surface area contributed by atoms with E-state index in [0.29, 0.717) is 0 Å². The molecule has 160 valence electrons. The molecule has 0 radical (unpaired) electrons. The monoisotopic (exact) mass is 395 g/mol. The van der Waals surface area contributed by atoms with Crippen LogP contribution in [-0.2, 0) is 19.3 Å². The number of hydrogen-bond acceptors (Lipinski definition) is 2.